The predicted octanol–water partition coefficient (Wildman–Crippen LogP) is 7.79. The lowest BCUT2D eigenvalue weighted by atomic mass is 9.71. The van der Waals surface area contributed by atoms with Crippen LogP contribution in [0.4, 0.5) is 0 Å². The molecule has 0 bridgehead atoms. The summed E-state index contributed by atoms with van der Waals surface area (Å²) in [5, 5.41) is 0. The van der Waals surface area contributed by atoms with Crippen LogP contribution in [-0.2, 0) is 0 Å². The molecule has 0 aliphatic heterocycles. The maximum atomic E-state index is 12.6. The largest absolute Gasteiger partial charge is 0.494 e. The van der Waals surface area contributed by atoms with E-state index in [1.165, 1.54) is 44.1 Å². The zero-order valence-electron chi connectivity index (χ0n) is 19.4. The lowest BCUT2D eigenvalue weighted by molar-refractivity contribution is 0.0734. The zero-order valence-corrected chi connectivity index (χ0v) is 19.4. The molecule has 1 aliphatic rings. The average Bonchev–Trinajstić information content (AvgIpc) is 2.79. The molecule has 1 fully saturated rings. The van der Waals surface area contributed by atoms with E-state index in [-0.39, 0.29) is 5.97 Å². The van der Waals surface area contributed by atoms with Crippen LogP contribution in [0, 0.1) is 11.8 Å². The van der Waals surface area contributed by atoms with Crippen molar-refractivity contribution >= 4 is 5.97 Å². The zero-order chi connectivity index (χ0) is 22.1. The van der Waals surface area contributed by atoms with E-state index in [1.807, 2.05) is 24.3 Å². The Morgan fingerprint density at radius 3 is 2.23 bits per heavy atom. The van der Waals surface area contributed by atoms with Crippen LogP contribution in [0.5, 0.6) is 11.5 Å². The van der Waals surface area contributed by atoms with Crippen LogP contribution in [0.15, 0.2) is 48.5 Å². The Bertz CT molecular complexity index is 794. The van der Waals surface area contributed by atoms with Crippen molar-refractivity contribution in [1.29, 1.82) is 0 Å². The molecule has 3 rings (SSSR count). The SMILES string of the molecule is CCCCOc1ccc(OC(=O)c2ccc(C3CCC(CCCC)CC3C)cc2)cc1. The average molecular weight is 423 g/mol. The van der Waals surface area contributed by atoms with Crippen molar-refractivity contribution in [2.24, 2.45) is 11.8 Å². The molecule has 0 spiro atoms. The smallest absolute Gasteiger partial charge is 0.343 e. The number of hydrogen-bond acceptors (Lipinski definition) is 3. The van der Waals surface area contributed by atoms with Crippen molar-refractivity contribution in [2.45, 2.75) is 78.1 Å². The van der Waals surface area contributed by atoms with Gasteiger partial charge in [0.05, 0.1) is 12.2 Å². The van der Waals surface area contributed by atoms with E-state index < -0.39 is 0 Å². The second kappa shape index (κ2) is 11.9. The lowest BCUT2D eigenvalue weighted by Crippen LogP contribution is -2.21. The highest BCUT2D eigenvalue weighted by Crippen LogP contribution is 2.41. The maximum absolute atomic E-state index is 12.6. The first-order valence-electron chi connectivity index (χ1n) is 12.2. The Morgan fingerprint density at radius 2 is 1.58 bits per heavy atom. The van der Waals surface area contributed by atoms with Gasteiger partial charge in [0, 0.05) is 0 Å². The Kier molecular flexibility index (Phi) is 8.99. The topological polar surface area (TPSA) is 35.5 Å². The fourth-order valence-corrected chi connectivity index (χ4v) is 4.73. The molecule has 0 amide bonds. The molecule has 168 valence electrons. The highest BCUT2D eigenvalue weighted by atomic mass is 16.5. The fraction of sp³-hybridized carbons (Fsp3) is 0.536. The number of hydrogen-bond donors (Lipinski definition) is 0. The quantitative estimate of drug-likeness (QED) is 0.223. The van der Waals surface area contributed by atoms with Crippen LogP contribution in [-0.4, -0.2) is 12.6 Å². The van der Waals surface area contributed by atoms with E-state index in [2.05, 4.69) is 32.9 Å². The van der Waals surface area contributed by atoms with Gasteiger partial charge in [-0.3, -0.25) is 0 Å². The number of carbonyl (C=O) groups is 1. The molecule has 0 saturated heterocycles. The van der Waals surface area contributed by atoms with Crippen molar-refractivity contribution in [2.75, 3.05) is 6.61 Å². The molecule has 0 radical (unpaired) electrons. The summed E-state index contributed by atoms with van der Waals surface area (Å²) in [6, 6.07) is 15.3. The molecule has 2 aromatic carbocycles. The van der Waals surface area contributed by atoms with Crippen molar-refractivity contribution in [3.8, 4) is 11.5 Å². The van der Waals surface area contributed by atoms with Gasteiger partial charge in [-0.25, -0.2) is 4.79 Å². The molecule has 3 nitrogen and oxygen atoms in total. The maximum Gasteiger partial charge on any atom is 0.343 e. The molecule has 31 heavy (non-hydrogen) atoms. The summed E-state index contributed by atoms with van der Waals surface area (Å²) < 4.78 is 11.2. The van der Waals surface area contributed by atoms with E-state index in [4.69, 9.17) is 9.47 Å². The minimum atomic E-state index is -0.317. The number of rotatable bonds is 10. The second-order valence-corrected chi connectivity index (χ2v) is 9.09. The Balaban J connectivity index is 1.53. The van der Waals surface area contributed by atoms with Gasteiger partial charge in [-0.05, 0) is 85.4 Å². The number of ether oxygens (including phenoxy) is 2. The van der Waals surface area contributed by atoms with Gasteiger partial charge in [0.25, 0.3) is 0 Å². The van der Waals surface area contributed by atoms with Gasteiger partial charge in [0.15, 0.2) is 0 Å². The minimum Gasteiger partial charge on any atom is -0.494 e. The van der Waals surface area contributed by atoms with Crippen molar-refractivity contribution in [3.05, 3.63) is 59.7 Å². The van der Waals surface area contributed by atoms with E-state index in [1.54, 1.807) is 12.1 Å². The van der Waals surface area contributed by atoms with Crippen LogP contribution in [0.3, 0.4) is 0 Å². The number of carbonyl (C=O) groups excluding carboxylic acids is 1. The van der Waals surface area contributed by atoms with E-state index >= 15 is 0 Å². The van der Waals surface area contributed by atoms with Crippen molar-refractivity contribution in [1.82, 2.24) is 0 Å². The summed E-state index contributed by atoms with van der Waals surface area (Å²) in [5.74, 6) is 3.22. The normalized spacial score (nSPS) is 20.9. The van der Waals surface area contributed by atoms with Gasteiger partial charge in [-0.2, -0.15) is 0 Å². The highest BCUT2D eigenvalue weighted by molar-refractivity contribution is 5.91. The van der Waals surface area contributed by atoms with Crippen LogP contribution in [0.25, 0.3) is 0 Å². The molecule has 1 aliphatic carbocycles. The number of esters is 1. The third-order valence-electron chi connectivity index (χ3n) is 6.62. The standard InChI is InChI=1S/C28H38O3/c1-4-6-8-22-9-18-27(21(3)20-22)23-10-12-24(13-11-23)28(29)31-26-16-14-25(15-17-26)30-19-7-5-2/h10-17,21-22,27H,4-9,18-20H2,1-3H3. The van der Waals surface area contributed by atoms with E-state index in [0.717, 1.165) is 24.5 Å². The summed E-state index contributed by atoms with van der Waals surface area (Å²) >= 11 is 0. The Labute approximate surface area is 188 Å². The summed E-state index contributed by atoms with van der Waals surface area (Å²) in [6.07, 6.45) is 10.1. The molecule has 1 saturated carbocycles. The molecular formula is C28H38O3. The molecular weight excluding hydrogens is 384 g/mol. The molecule has 0 heterocycles. The van der Waals surface area contributed by atoms with E-state index in [9.17, 15) is 4.79 Å². The van der Waals surface area contributed by atoms with Crippen LogP contribution in [0.1, 0.15) is 94.0 Å². The Morgan fingerprint density at radius 1 is 0.903 bits per heavy atom. The van der Waals surface area contributed by atoms with Crippen LogP contribution < -0.4 is 9.47 Å². The van der Waals surface area contributed by atoms with Crippen LogP contribution >= 0.6 is 0 Å². The molecule has 0 aromatic heterocycles. The summed E-state index contributed by atoms with van der Waals surface area (Å²) in [4.78, 5) is 12.6. The highest BCUT2D eigenvalue weighted by Gasteiger charge is 2.28. The summed E-state index contributed by atoms with van der Waals surface area (Å²) in [5.41, 5.74) is 1.95. The summed E-state index contributed by atoms with van der Waals surface area (Å²) in [6.45, 7) is 7.51. The van der Waals surface area contributed by atoms with Crippen molar-refractivity contribution < 1.29 is 14.3 Å². The molecule has 3 unspecified atom stereocenters. The first kappa shape index (κ1) is 23.4. The molecule has 3 atom stereocenters. The fourth-order valence-electron chi connectivity index (χ4n) is 4.73. The number of unbranched alkanes of at least 4 members (excludes halogenated alkanes) is 2. The van der Waals surface area contributed by atoms with Gasteiger partial charge in [0.1, 0.15) is 11.5 Å². The van der Waals surface area contributed by atoms with Gasteiger partial charge < -0.3 is 9.47 Å². The molecule has 3 heteroatoms. The van der Waals surface area contributed by atoms with Gasteiger partial charge in [-0.1, -0.05) is 58.6 Å². The number of benzene rings is 2. The predicted molar refractivity (Wildman–Crippen MR) is 127 cm³/mol. The molecule has 2 aromatic rings. The minimum absolute atomic E-state index is 0.317. The van der Waals surface area contributed by atoms with Crippen molar-refractivity contribution in [3.63, 3.8) is 0 Å². The first-order chi connectivity index (χ1) is 15.1. The monoisotopic (exact) mass is 422 g/mol. The van der Waals surface area contributed by atoms with Gasteiger partial charge in [-0.15, -0.1) is 0 Å². The third kappa shape index (κ3) is 6.85. The second-order valence-electron chi connectivity index (χ2n) is 9.09. The molecule has 0 N–H and O–H groups in total. The first-order valence-corrected chi connectivity index (χ1v) is 12.2. The van der Waals surface area contributed by atoms with Gasteiger partial charge in [0.2, 0.25) is 0 Å². The van der Waals surface area contributed by atoms with Crippen LogP contribution in [0.2, 0.25) is 0 Å². The lowest BCUT2D eigenvalue weighted by Gasteiger charge is -2.34. The Hall–Kier alpha value is -2.29. The van der Waals surface area contributed by atoms with Gasteiger partial charge >= 0.3 is 5.97 Å². The third-order valence-corrected chi connectivity index (χ3v) is 6.62. The van der Waals surface area contributed by atoms with E-state index in [0.29, 0.717) is 29.8 Å². The summed E-state index contributed by atoms with van der Waals surface area (Å²) in [7, 11) is 0.